The highest BCUT2D eigenvalue weighted by molar-refractivity contribution is 5.80. The molecule has 2 fully saturated rings. The van der Waals surface area contributed by atoms with E-state index >= 15 is 0 Å². The summed E-state index contributed by atoms with van der Waals surface area (Å²) in [5.41, 5.74) is 0. The van der Waals surface area contributed by atoms with E-state index in [1.807, 2.05) is 0 Å². The summed E-state index contributed by atoms with van der Waals surface area (Å²) in [5.74, 6) is 0.0481. The van der Waals surface area contributed by atoms with Gasteiger partial charge in [-0.1, -0.05) is 0 Å². The molecule has 2 saturated heterocycles. The third kappa shape index (κ3) is 4.44. The van der Waals surface area contributed by atoms with Gasteiger partial charge in [0, 0.05) is 19.2 Å². The summed E-state index contributed by atoms with van der Waals surface area (Å²) in [7, 11) is 0. The Bertz CT molecular complexity index is 280. The first kappa shape index (κ1) is 14.8. The van der Waals surface area contributed by atoms with Gasteiger partial charge in [-0.2, -0.15) is 0 Å². The van der Waals surface area contributed by atoms with Crippen LogP contribution in [-0.4, -0.2) is 60.9 Å². The van der Waals surface area contributed by atoms with Crippen LogP contribution in [0.4, 0.5) is 0 Å². The third-order valence-electron chi connectivity index (χ3n) is 4.10. The summed E-state index contributed by atoms with van der Waals surface area (Å²) < 4.78 is 5.33. The number of aliphatic hydroxyl groups excluding tert-OH is 1. The van der Waals surface area contributed by atoms with Gasteiger partial charge in [0.15, 0.2) is 0 Å². The van der Waals surface area contributed by atoms with Crippen molar-refractivity contribution >= 4 is 5.91 Å². The highest BCUT2D eigenvalue weighted by atomic mass is 16.5. The van der Waals surface area contributed by atoms with Crippen LogP contribution in [0.3, 0.4) is 0 Å². The van der Waals surface area contributed by atoms with Crippen molar-refractivity contribution in [3.63, 3.8) is 0 Å². The molecule has 2 aliphatic rings. The molecule has 0 saturated carbocycles. The molecule has 2 heterocycles. The lowest BCUT2D eigenvalue weighted by atomic mass is 10.2. The number of hydrogen-bond acceptors (Lipinski definition) is 4. The first-order valence-corrected chi connectivity index (χ1v) is 7.55. The molecule has 2 rings (SSSR count). The van der Waals surface area contributed by atoms with Gasteiger partial charge in [-0.15, -0.1) is 0 Å². The molecule has 0 spiro atoms. The summed E-state index contributed by atoms with van der Waals surface area (Å²) in [5, 5.41) is 12.2. The molecule has 1 amide bonds. The summed E-state index contributed by atoms with van der Waals surface area (Å²) in [6.07, 6.45) is 6.02. The first-order valence-electron chi connectivity index (χ1n) is 7.55. The molecule has 2 atom stereocenters. The van der Waals surface area contributed by atoms with Gasteiger partial charge in [-0.05, 0) is 51.6 Å². The predicted octanol–water partition coefficient (Wildman–Crippen LogP) is 0.518. The van der Waals surface area contributed by atoms with E-state index in [2.05, 4.69) is 10.2 Å². The van der Waals surface area contributed by atoms with Crippen LogP contribution in [0.5, 0.6) is 0 Å². The third-order valence-corrected chi connectivity index (χ3v) is 4.10. The van der Waals surface area contributed by atoms with Crippen molar-refractivity contribution in [3.05, 3.63) is 0 Å². The van der Waals surface area contributed by atoms with E-state index in [9.17, 15) is 9.90 Å². The molecular weight excluding hydrogens is 244 g/mol. The normalized spacial score (nSPS) is 27.8. The van der Waals surface area contributed by atoms with Crippen LogP contribution < -0.4 is 5.32 Å². The summed E-state index contributed by atoms with van der Waals surface area (Å²) >= 11 is 0. The molecular formula is C14H26N2O3. The second kappa shape index (κ2) is 7.82. The number of likely N-dealkylation sites (tertiary alicyclic amines) is 1. The number of carbonyl (C=O) groups is 1. The van der Waals surface area contributed by atoms with E-state index in [-0.39, 0.29) is 18.6 Å². The van der Waals surface area contributed by atoms with Crippen LogP contribution >= 0.6 is 0 Å². The van der Waals surface area contributed by atoms with Crippen molar-refractivity contribution in [2.45, 2.75) is 50.7 Å². The maximum atomic E-state index is 11.7. The van der Waals surface area contributed by atoms with E-state index in [0.29, 0.717) is 6.04 Å². The van der Waals surface area contributed by atoms with E-state index in [1.54, 1.807) is 0 Å². The van der Waals surface area contributed by atoms with Gasteiger partial charge in [-0.3, -0.25) is 9.69 Å². The Morgan fingerprint density at radius 2 is 2.21 bits per heavy atom. The molecule has 5 heteroatoms. The van der Waals surface area contributed by atoms with Crippen LogP contribution in [0.1, 0.15) is 38.5 Å². The molecule has 0 aliphatic carbocycles. The SMILES string of the molecule is O=C(NCCCCN1CCCC1CO)C1CCCO1. The maximum absolute atomic E-state index is 11.7. The van der Waals surface area contributed by atoms with Crippen LogP contribution in [0.2, 0.25) is 0 Å². The first-order chi connectivity index (χ1) is 9.31. The average molecular weight is 270 g/mol. The van der Waals surface area contributed by atoms with Crippen molar-refractivity contribution in [1.29, 1.82) is 0 Å². The number of carbonyl (C=O) groups excluding carboxylic acids is 1. The van der Waals surface area contributed by atoms with Crippen LogP contribution in [0.15, 0.2) is 0 Å². The summed E-state index contributed by atoms with van der Waals surface area (Å²) in [4.78, 5) is 14.0. The monoisotopic (exact) mass is 270 g/mol. The van der Waals surface area contributed by atoms with Gasteiger partial charge in [0.1, 0.15) is 6.10 Å². The Hall–Kier alpha value is -0.650. The lowest BCUT2D eigenvalue weighted by Crippen LogP contribution is -2.35. The smallest absolute Gasteiger partial charge is 0.249 e. The number of unbranched alkanes of at least 4 members (excludes halogenated alkanes) is 1. The quantitative estimate of drug-likeness (QED) is 0.662. The number of hydrogen-bond donors (Lipinski definition) is 2. The maximum Gasteiger partial charge on any atom is 0.249 e. The zero-order chi connectivity index (χ0) is 13.5. The largest absolute Gasteiger partial charge is 0.395 e. The number of aliphatic hydroxyl groups is 1. The topological polar surface area (TPSA) is 61.8 Å². The summed E-state index contributed by atoms with van der Waals surface area (Å²) in [6.45, 7) is 3.86. The molecule has 5 nitrogen and oxygen atoms in total. The highest BCUT2D eigenvalue weighted by Gasteiger charge is 2.24. The van der Waals surface area contributed by atoms with Gasteiger partial charge >= 0.3 is 0 Å². The Balaban J connectivity index is 1.51. The van der Waals surface area contributed by atoms with E-state index in [0.717, 1.165) is 58.3 Å². The zero-order valence-electron chi connectivity index (χ0n) is 11.6. The fraction of sp³-hybridized carbons (Fsp3) is 0.929. The molecule has 2 N–H and O–H groups in total. The Kier molecular flexibility index (Phi) is 6.07. The van der Waals surface area contributed by atoms with E-state index in [1.165, 1.54) is 6.42 Å². The number of amides is 1. The van der Waals surface area contributed by atoms with Crippen LogP contribution in [-0.2, 0) is 9.53 Å². The van der Waals surface area contributed by atoms with E-state index < -0.39 is 0 Å². The number of nitrogens with one attached hydrogen (secondary N) is 1. The van der Waals surface area contributed by atoms with E-state index in [4.69, 9.17) is 4.74 Å². The van der Waals surface area contributed by atoms with Gasteiger partial charge < -0.3 is 15.2 Å². The van der Waals surface area contributed by atoms with Crippen molar-refractivity contribution < 1.29 is 14.6 Å². The average Bonchev–Trinajstić information content (AvgIpc) is 3.09. The fourth-order valence-corrected chi connectivity index (χ4v) is 2.95. The van der Waals surface area contributed by atoms with Crippen molar-refractivity contribution in [2.75, 3.05) is 32.8 Å². The predicted molar refractivity (Wildman–Crippen MR) is 72.9 cm³/mol. The number of nitrogens with zero attached hydrogens (tertiary/aromatic N) is 1. The zero-order valence-corrected chi connectivity index (χ0v) is 11.6. The molecule has 0 aromatic heterocycles. The Morgan fingerprint density at radius 3 is 2.95 bits per heavy atom. The lowest BCUT2D eigenvalue weighted by Gasteiger charge is -2.22. The number of rotatable bonds is 7. The molecule has 0 bridgehead atoms. The Labute approximate surface area is 115 Å². The minimum absolute atomic E-state index is 0.0481. The van der Waals surface area contributed by atoms with Gasteiger partial charge in [0.2, 0.25) is 5.91 Å². The van der Waals surface area contributed by atoms with Crippen molar-refractivity contribution in [3.8, 4) is 0 Å². The van der Waals surface area contributed by atoms with Crippen molar-refractivity contribution in [2.24, 2.45) is 0 Å². The lowest BCUT2D eigenvalue weighted by molar-refractivity contribution is -0.130. The standard InChI is InChI=1S/C14H26N2O3/c17-11-12-5-3-9-16(12)8-2-1-7-15-14(18)13-6-4-10-19-13/h12-13,17H,1-11H2,(H,15,18). The highest BCUT2D eigenvalue weighted by Crippen LogP contribution is 2.17. The van der Waals surface area contributed by atoms with Crippen LogP contribution in [0.25, 0.3) is 0 Å². The second-order valence-corrected chi connectivity index (χ2v) is 5.51. The second-order valence-electron chi connectivity index (χ2n) is 5.51. The van der Waals surface area contributed by atoms with Crippen LogP contribution in [0, 0.1) is 0 Å². The van der Waals surface area contributed by atoms with Crippen molar-refractivity contribution in [1.82, 2.24) is 10.2 Å². The molecule has 110 valence electrons. The minimum Gasteiger partial charge on any atom is -0.395 e. The summed E-state index contributed by atoms with van der Waals surface area (Å²) in [6, 6.07) is 0.362. The molecule has 2 unspecified atom stereocenters. The fourth-order valence-electron chi connectivity index (χ4n) is 2.95. The Morgan fingerprint density at radius 1 is 1.32 bits per heavy atom. The van der Waals surface area contributed by atoms with Gasteiger partial charge in [-0.25, -0.2) is 0 Å². The van der Waals surface area contributed by atoms with Gasteiger partial charge in [0.05, 0.1) is 6.61 Å². The number of ether oxygens (including phenoxy) is 1. The molecule has 0 aromatic rings. The molecule has 2 aliphatic heterocycles. The minimum atomic E-state index is -0.211. The molecule has 0 radical (unpaired) electrons. The van der Waals surface area contributed by atoms with Gasteiger partial charge in [0.25, 0.3) is 0 Å². The molecule has 19 heavy (non-hydrogen) atoms. The molecule has 0 aromatic carbocycles.